The van der Waals surface area contributed by atoms with Crippen molar-refractivity contribution in [1.29, 1.82) is 0 Å². The van der Waals surface area contributed by atoms with Gasteiger partial charge in [-0.05, 0) is 66.9 Å². The zero-order chi connectivity index (χ0) is 26.6. The highest BCUT2D eigenvalue weighted by Crippen LogP contribution is 2.37. The van der Waals surface area contributed by atoms with Crippen molar-refractivity contribution in [1.82, 2.24) is 19.4 Å². The number of halogens is 1. The first-order chi connectivity index (χ1) is 18.4. The van der Waals surface area contributed by atoms with Crippen molar-refractivity contribution in [2.24, 2.45) is 0 Å². The summed E-state index contributed by atoms with van der Waals surface area (Å²) in [6.07, 6.45) is 5.19. The van der Waals surface area contributed by atoms with E-state index in [1.165, 1.54) is 28.5 Å². The van der Waals surface area contributed by atoms with Crippen LogP contribution in [0.25, 0.3) is 0 Å². The van der Waals surface area contributed by atoms with E-state index in [0.29, 0.717) is 22.9 Å². The normalized spacial score (nSPS) is 14.9. The Bertz CT molecular complexity index is 1430. The second-order valence-electron chi connectivity index (χ2n) is 9.26. The number of urea groups is 1. The topological polar surface area (TPSA) is 95.4 Å². The van der Waals surface area contributed by atoms with Gasteiger partial charge in [0.05, 0.1) is 11.7 Å². The molecule has 0 saturated carbocycles. The molecule has 1 saturated heterocycles. The second kappa shape index (κ2) is 11.0. The maximum atomic E-state index is 13.5. The van der Waals surface area contributed by atoms with Crippen LogP contribution in [0.4, 0.5) is 25.7 Å². The molecule has 3 amide bonds. The molecule has 38 heavy (non-hydrogen) atoms. The van der Waals surface area contributed by atoms with Crippen LogP contribution in [0.5, 0.6) is 0 Å². The first-order valence-corrected chi connectivity index (χ1v) is 13.1. The van der Waals surface area contributed by atoms with E-state index >= 15 is 0 Å². The van der Waals surface area contributed by atoms with Gasteiger partial charge in [-0.2, -0.15) is 4.39 Å². The standard InChI is InChI=1S/C27H28FN7O2S/c1-33(2)27(37)30-19-7-9-20(10-8-19)35-14-4-5-22(35)21-17-38-26(31-21)32-25(36)23-6-3-13-34(23)16-18-11-12-29-24(28)15-18/h3,6-13,15,17,22H,4-5,14,16H2,1-2H3,(H,30,37)(H,31,32,36). The van der Waals surface area contributed by atoms with Crippen LogP contribution in [0.2, 0.25) is 0 Å². The molecule has 5 rings (SSSR count). The van der Waals surface area contributed by atoms with Gasteiger partial charge in [-0.3, -0.25) is 10.1 Å². The Kier molecular flexibility index (Phi) is 7.36. The van der Waals surface area contributed by atoms with Crippen molar-refractivity contribution in [2.75, 3.05) is 36.2 Å². The molecule has 4 heterocycles. The quantitative estimate of drug-likeness (QED) is 0.318. The number of carbonyl (C=O) groups is 2. The van der Waals surface area contributed by atoms with E-state index in [-0.39, 0.29) is 18.0 Å². The van der Waals surface area contributed by atoms with E-state index in [9.17, 15) is 14.0 Å². The number of hydrogen-bond donors (Lipinski definition) is 2. The number of pyridine rings is 1. The highest BCUT2D eigenvalue weighted by Gasteiger charge is 2.28. The van der Waals surface area contributed by atoms with E-state index in [1.807, 2.05) is 29.6 Å². The molecule has 1 fully saturated rings. The molecular formula is C27H28FN7O2S. The summed E-state index contributed by atoms with van der Waals surface area (Å²) in [5.74, 6) is -0.826. The van der Waals surface area contributed by atoms with Crippen LogP contribution in [0.15, 0.2) is 66.3 Å². The summed E-state index contributed by atoms with van der Waals surface area (Å²) in [4.78, 5) is 37.0. The van der Waals surface area contributed by atoms with Gasteiger partial charge < -0.3 is 19.7 Å². The number of hydrogen-bond acceptors (Lipinski definition) is 6. The van der Waals surface area contributed by atoms with Crippen LogP contribution in [-0.2, 0) is 6.54 Å². The predicted octanol–water partition coefficient (Wildman–Crippen LogP) is 5.21. The Morgan fingerprint density at radius 1 is 1.16 bits per heavy atom. The molecule has 196 valence electrons. The number of rotatable bonds is 7. The Morgan fingerprint density at radius 3 is 2.74 bits per heavy atom. The minimum atomic E-state index is -0.552. The Hall–Kier alpha value is -4.25. The molecule has 0 bridgehead atoms. The summed E-state index contributed by atoms with van der Waals surface area (Å²) < 4.78 is 15.2. The average molecular weight is 534 g/mol. The lowest BCUT2D eigenvalue weighted by atomic mass is 10.1. The van der Waals surface area contributed by atoms with Gasteiger partial charge in [0.15, 0.2) is 5.13 Å². The fraction of sp³-hybridized carbons (Fsp3) is 0.259. The molecule has 1 aliphatic rings. The zero-order valence-electron chi connectivity index (χ0n) is 21.1. The number of anilines is 3. The highest BCUT2D eigenvalue weighted by atomic mass is 32.1. The van der Waals surface area contributed by atoms with Crippen molar-refractivity contribution >= 4 is 39.8 Å². The summed E-state index contributed by atoms with van der Waals surface area (Å²) in [6, 6.07) is 14.3. The van der Waals surface area contributed by atoms with Crippen LogP contribution in [-0.4, -0.2) is 52.0 Å². The van der Waals surface area contributed by atoms with Crippen LogP contribution < -0.4 is 15.5 Å². The van der Waals surface area contributed by atoms with E-state index in [1.54, 1.807) is 43.1 Å². The van der Waals surface area contributed by atoms with Gasteiger partial charge in [0.25, 0.3) is 5.91 Å². The minimum Gasteiger partial charge on any atom is -0.363 e. The fourth-order valence-electron chi connectivity index (χ4n) is 4.51. The number of aromatic nitrogens is 3. The first-order valence-electron chi connectivity index (χ1n) is 12.2. The molecule has 1 atom stereocenters. The minimum absolute atomic E-state index is 0.101. The number of thiazole rings is 1. The van der Waals surface area contributed by atoms with E-state index in [0.717, 1.165) is 36.5 Å². The summed E-state index contributed by atoms with van der Waals surface area (Å²) in [6.45, 7) is 1.25. The van der Waals surface area contributed by atoms with Gasteiger partial charge >= 0.3 is 6.03 Å². The third-order valence-corrected chi connectivity index (χ3v) is 7.18. The molecule has 9 nitrogen and oxygen atoms in total. The lowest BCUT2D eigenvalue weighted by Crippen LogP contribution is -2.27. The third kappa shape index (κ3) is 5.67. The van der Waals surface area contributed by atoms with Gasteiger partial charge in [-0.15, -0.1) is 11.3 Å². The van der Waals surface area contributed by atoms with E-state index in [4.69, 9.17) is 4.98 Å². The van der Waals surface area contributed by atoms with Crippen molar-refractivity contribution in [3.63, 3.8) is 0 Å². The monoisotopic (exact) mass is 533 g/mol. The highest BCUT2D eigenvalue weighted by molar-refractivity contribution is 7.14. The molecule has 3 aromatic heterocycles. The number of benzene rings is 1. The summed E-state index contributed by atoms with van der Waals surface area (Å²) in [5, 5.41) is 8.28. The van der Waals surface area contributed by atoms with Crippen LogP contribution in [0.3, 0.4) is 0 Å². The van der Waals surface area contributed by atoms with Gasteiger partial charge in [-0.1, -0.05) is 0 Å². The van der Waals surface area contributed by atoms with Crippen molar-refractivity contribution in [2.45, 2.75) is 25.4 Å². The average Bonchev–Trinajstić information content (AvgIpc) is 3.65. The molecule has 1 aliphatic heterocycles. The summed E-state index contributed by atoms with van der Waals surface area (Å²) in [5.41, 5.74) is 3.88. The van der Waals surface area contributed by atoms with Crippen molar-refractivity contribution in [3.8, 4) is 0 Å². The number of amides is 3. The van der Waals surface area contributed by atoms with Crippen LogP contribution in [0, 0.1) is 5.95 Å². The molecule has 0 aliphatic carbocycles. The van der Waals surface area contributed by atoms with Crippen LogP contribution in [0.1, 0.15) is 40.6 Å². The van der Waals surface area contributed by atoms with E-state index < -0.39 is 5.95 Å². The Morgan fingerprint density at radius 2 is 1.97 bits per heavy atom. The van der Waals surface area contributed by atoms with Gasteiger partial charge in [0.1, 0.15) is 5.69 Å². The lowest BCUT2D eigenvalue weighted by Gasteiger charge is -2.26. The third-order valence-electron chi connectivity index (χ3n) is 6.40. The lowest BCUT2D eigenvalue weighted by molar-refractivity contribution is 0.101. The maximum Gasteiger partial charge on any atom is 0.321 e. The fourth-order valence-corrected chi connectivity index (χ4v) is 5.26. The Balaban J connectivity index is 1.25. The maximum absolute atomic E-state index is 13.5. The summed E-state index contributed by atoms with van der Waals surface area (Å²) >= 11 is 1.39. The first kappa shape index (κ1) is 25.4. The second-order valence-corrected chi connectivity index (χ2v) is 10.1. The molecule has 11 heteroatoms. The smallest absolute Gasteiger partial charge is 0.321 e. The summed E-state index contributed by atoms with van der Waals surface area (Å²) in [7, 11) is 3.40. The number of nitrogens with one attached hydrogen (secondary N) is 2. The largest absolute Gasteiger partial charge is 0.363 e. The molecule has 0 radical (unpaired) electrons. The molecule has 0 spiro atoms. The molecule has 1 unspecified atom stereocenters. The number of carbonyl (C=O) groups excluding carboxylic acids is 2. The zero-order valence-corrected chi connectivity index (χ0v) is 21.9. The predicted molar refractivity (Wildman–Crippen MR) is 146 cm³/mol. The molecule has 1 aromatic carbocycles. The van der Waals surface area contributed by atoms with Gasteiger partial charge in [0, 0.05) is 56.3 Å². The SMILES string of the molecule is CN(C)C(=O)Nc1ccc(N2CCCC2c2csc(NC(=O)c3cccn3Cc3ccnc(F)c3)n2)cc1. The molecular weight excluding hydrogens is 505 g/mol. The Labute approximate surface area is 223 Å². The van der Waals surface area contributed by atoms with Crippen LogP contribution >= 0.6 is 11.3 Å². The van der Waals surface area contributed by atoms with E-state index in [2.05, 4.69) is 20.5 Å². The van der Waals surface area contributed by atoms with Crippen molar-refractivity contribution < 1.29 is 14.0 Å². The molecule has 2 N–H and O–H groups in total. The van der Waals surface area contributed by atoms with Gasteiger partial charge in [-0.25, -0.2) is 14.8 Å². The van der Waals surface area contributed by atoms with Gasteiger partial charge in [0.2, 0.25) is 5.95 Å². The molecule has 4 aromatic rings. The number of nitrogens with zero attached hydrogens (tertiary/aromatic N) is 5. The van der Waals surface area contributed by atoms with Crippen molar-refractivity contribution in [3.05, 3.63) is 89.2 Å².